The van der Waals surface area contributed by atoms with Crippen LogP contribution >= 0.6 is 0 Å². The van der Waals surface area contributed by atoms with E-state index >= 15 is 0 Å². The molecule has 1 heterocycles. The molecule has 0 unspecified atom stereocenters. The van der Waals surface area contributed by atoms with Gasteiger partial charge >= 0.3 is 6.03 Å². The number of amides is 2. The summed E-state index contributed by atoms with van der Waals surface area (Å²) in [6.07, 6.45) is 0. The van der Waals surface area contributed by atoms with Gasteiger partial charge in [-0.15, -0.1) is 0 Å². The van der Waals surface area contributed by atoms with E-state index in [1.165, 1.54) is 0 Å². The van der Waals surface area contributed by atoms with Crippen LogP contribution in [0.5, 0.6) is 0 Å². The summed E-state index contributed by atoms with van der Waals surface area (Å²) in [6.45, 7) is 4.21. The van der Waals surface area contributed by atoms with Crippen molar-refractivity contribution in [3.05, 3.63) is 53.3 Å². The van der Waals surface area contributed by atoms with Gasteiger partial charge in [0, 0.05) is 17.9 Å². The first-order valence-corrected chi connectivity index (χ1v) is 6.40. The number of benzene rings is 1. The molecule has 0 aliphatic rings. The number of aromatic nitrogens is 1. The largest absolute Gasteiger partial charge is 0.326 e. The molecule has 4 N–H and O–H groups in total. The number of nitrogens with one attached hydrogen (secondary N) is 2. The Morgan fingerprint density at radius 1 is 1.20 bits per heavy atom. The predicted octanol–water partition coefficient (Wildman–Crippen LogP) is 2.80. The summed E-state index contributed by atoms with van der Waals surface area (Å²) < 4.78 is 0. The maximum Gasteiger partial charge on any atom is 0.323 e. The molecule has 0 saturated carbocycles. The van der Waals surface area contributed by atoms with Gasteiger partial charge in [0.25, 0.3) is 0 Å². The summed E-state index contributed by atoms with van der Waals surface area (Å²) in [5, 5.41) is 5.55. The molecule has 0 radical (unpaired) electrons. The molecule has 5 heteroatoms. The van der Waals surface area contributed by atoms with E-state index in [4.69, 9.17) is 5.73 Å². The monoisotopic (exact) mass is 270 g/mol. The highest BCUT2D eigenvalue weighted by atomic mass is 16.2. The quantitative estimate of drug-likeness (QED) is 0.802. The summed E-state index contributed by atoms with van der Waals surface area (Å²) in [7, 11) is 0. The lowest BCUT2D eigenvalue weighted by molar-refractivity contribution is 0.262. The summed E-state index contributed by atoms with van der Waals surface area (Å²) >= 11 is 0. The fraction of sp³-hybridized carbons (Fsp3) is 0.200. The molecule has 0 aliphatic carbocycles. The molecule has 0 fully saturated rings. The molecule has 20 heavy (non-hydrogen) atoms. The predicted molar refractivity (Wildman–Crippen MR) is 80.7 cm³/mol. The molecule has 5 nitrogen and oxygen atoms in total. The van der Waals surface area contributed by atoms with Gasteiger partial charge in [-0.2, -0.15) is 0 Å². The van der Waals surface area contributed by atoms with Crippen molar-refractivity contribution < 1.29 is 4.79 Å². The van der Waals surface area contributed by atoms with Gasteiger partial charge in [-0.05, 0) is 43.7 Å². The van der Waals surface area contributed by atoms with E-state index < -0.39 is 0 Å². The highest BCUT2D eigenvalue weighted by Crippen LogP contribution is 2.14. The van der Waals surface area contributed by atoms with Crippen molar-refractivity contribution in [1.82, 2.24) is 4.98 Å². The first-order valence-electron chi connectivity index (χ1n) is 6.40. The van der Waals surface area contributed by atoms with Gasteiger partial charge in [-0.1, -0.05) is 12.1 Å². The van der Waals surface area contributed by atoms with E-state index in [0.717, 1.165) is 17.0 Å². The van der Waals surface area contributed by atoms with Crippen molar-refractivity contribution in [2.24, 2.45) is 5.73 Å². The minimum absolute atomic E-state index is 0.298. The molecule has 0 spiro atoms. The van der Waals surface area contributed by atoms with E-state index in [1.807, 2.05) is 50.2 Å². The van der Waals surface area contributed by atoms with Crippen LogP contribution in [-0.2, 0) is 6.54 Å². The number of hydrogen-bond acceptors (Lipinski definition) is 3. The molecular formula is C15H18N4O. The molecular weight excluding hydrogens is 252 g/mol. The zero-order chi connectivity index (χ0) is 14.5. The summed E-state index contributed by atoms with van der Waals surface area (Å²) in [6, 6.07) is 10.8. The minimum Gasteiger partial charge on any atom is -0.326 e. The molecule has 1 aromatic heterocycles. The lowest BCUT2D eigenvalue weighted by Crippen LogP contribution is -2.20. The highest BCUT2D eigenvalue weighted by molar-refractivity contribution is 6.00. The first-order chi connectivity index (χ1) is 9.58. The number of carbonyl (C=O) groups excluding carboxylic acids is 1. The maximum absolute atomic E-state index is 11.9. The minimum atomic E-state index is -0.298. The number of nitrogens with zero attached hydrogens (tertiary/aromatic N) is 1. The Balaban J connectivity index is 2.05. The third kappa shape index (κ3) is 3.55. The first kappa shape index (κ1) is 14.0. The molecule has 0 aliphatic heterocycles. The van der Waals surface area contributed by atoms with Gasteiger partial charge in [0.2, 0.25) is 0 Å². The normalized spacial score (nSPS) is 10.2. The second-order valence-electron chi connectivity index (χ2n) is 4.57. The molecule has 104 valence electrons. The number of hydrogen-bond donors (Lipinski definition) is 3. The van der Waals surface area contributed by atoms with Crippen molar-refractivity contribution in [2.75, 3.05) is 10.6 Å². The number of rotatable bonds is 3. The van der Waals surface area contributed by atoms with Gasteiger partial charge in [0.05, 0.1) is 11.4 Å². The number of pyridine rings is 1. The Kier molecular flexibility index (Phi) is 4.32. The van der Waals surface area contributed by atoms with E-state index in [9.17, 15) is 4.79 Å². The van der Waals surface area contributed by atoms with Crippen LogP contribution < -0.4 is 16.4 Å². The van der Waals surface area contributed by atoms with Crippen LogP contribution in [0.4, 0.5) is 16.2 Å². The van der Waals surface area contributed by atoms with Crippen LogP contribution in [-0.4, -0.2) is 11.0 Å². The Labute approximate surface area is 118 Å². The van der Waals surface area contributed by atoms with Crippen molar-refractivity contribution in [1.29, 1.82) is 0 Å². The fourth-order valence-corrected chi connectivity index (χ4v) is 1.88. The van der Waals surface area contributed by atoms with E-state index in [2.05, 4.69) is 15.6 Å². The van der Waals surface area contributed by atoms with E-state index in [1.54, 1.807) is 0 Å². The Hall–Kier alpha value is -2.40. The van der Waals surface area contributed by atoms with Crippen molar-refractivity contribution in [3.63, 3.8) is 0 Å². The van der Waals surface area contributed by atoms with Crippen LogP contribution in [0.15, 0.2) is 36.4 Å². The van der Waals surface area contributed by atoms with Crippen LogP contribution in [0.3, 0.4) is 0 Å². The zero-order valence-corrected chi connectivity index (χ0v) is 11.6. The smallest absolute Gasteiger partial charge is 0.323 e. The summed E-state index contributed by atoms with van der Waals surface area (Å²) in [5.41, 5.74) is 9.66. The molecule has 2 aromatic rings. The second kappa shape index (κ2) is 6.16. The Bertz CT molecular complexity index is 625. The number of aryl methyl sites for hydroxylation is 2. The number of nitrogens with two attached hydrogens (primary N) is 1. The molecule has 1 aromatic carbocycles. The van der Waals surface area contributed by atoms with Crippen molar-refractivity contribution in [2.45, 2.75) is 20.4 Å². The van der Waals surface area contributed by atoms with Gasteiger partial charge < -0.3 is 16.4 Å². The average Bonchev–Trinajstić information content (AvgIpc) is 2.42. The molecule has 0 saturated heterocycles. The SMILES string of the molecule is Cc1ccc(NC(=O)Nc2cccc(CN)c2)c(C)n1. The summed E-state index contributed by atoms with van der Waals surface area (Å²) in [5.74, 6) is 0. The van der Waals surface area contributed by atoms with Crippen molar-refractivity contribution >= 4 is 17.4 Å². The Morgan fingerprint density at radius 2 is 2.00 bits per heavy atom. The molecule has 2 amide bonds. The van der Waals surface area contributed by atoms with Gasteiger partial charge in [-0.25, -0.2) is 4.79 Å². The van der Waals surface area contributed by atoms with Crippen LogP contribution in [0.2, 0.25) is 0 Å². The van der Waals surface area contributed by atoms with Crippen LogP contribution in [0, 0.1) is 13.8 Å². The van der Waals surface area contributed by atoms with Gasteiger partial charge in [0.1, 0.15) is 0 Å². The molecule has 0 bridgehead atoms. The number of urea groups is 1. The van der Waals surface area contributed by atoms with Crippen LogP contribution in [0.1, 0.15) is 17.0 Å². The molecule has 2 rings (SSSR count). The second-order valence-corrected chi connectivity index (χ2v) is 4.57. The molecule has 0 atom stereocenters. The van der Waals surface area contributed by atoms with E-state index in [0.29, 0.717) is 17.9 Å². The summed E-state index contributed by atoms with van der Waals surface area (Å²) in [4.78, 5) is 16.2. The number of anilines is 2. The highest BCUT2D eigenvalue weighted by Gasteiger charge is 2.06. The fourth-order valence-electron chi connectivity index (χ4n) is 1.88. The number of carbonyl (C=O) groups is 1. The maximum atomic E-state index is 11.9. The van der Waals surface area contributed by atoms with Crippen LogP contribution in [0.25, 0.3) is 0 Å². The lowest BCUT2D eigenvalue weighted by Gasteiger charge is -2.10. The topological polar surface area (TPSA) is 80.0 Å². The Morgan fingerprint density at radius 3 is 2.70 bits per heavy atom. The van der Waals surface area contributed by atoms with Crippen molar-refractivity contribution in [3.8, 4) is 0 Å². The lowest BCUT2D eigenvalue weighted by atomic mass is 10.2. The third-order valence-electron chi connectivity index (χ3n) is 2.89. The third-order valence-corrected chi connectivity index (χ3v) is 2.89. The zero-order valence-electron chi connectivity index (χ0n) is 11.6. The van der Waals surface area contributed by atoms with E-state index in [-0.39, 0.29) is 6.03 Å². The standard InChI is InChI=1S/C15H18N4O/c1-10-6-7-14(11(2)17-10)19-15(20)18-13-5-3-4-12(8-13)9-16/h3-8H,9,16H2,1-2H3,(H2,18,19,20). The average molecular weight is 270 g/mol. The van der Waals surface area contributed by atoms with Gasteiger partial charge in [0.15, 0.2) is 0 Å². The van der Waals surface area contributed by atoms with Gasteiger partial charge in [-0.3, -0.25) is 4.98 Å².